The molecule has 0 radical (unpaired) electrons. The highest BCUT2D eigenvalue weighted by molar-refractivity contribution is 6.34. The van der Waals surface area contributed by atoms with Crippen molar-refractivity contribution in [2.75, 3.05) is 13.2 Å². The van der Waals surface area contributed by atoms with Crippen molar-refractivity contribution in [2.45, 2.75) is 26.8 Å². The standard InChI is InChI=1S/C10H16ClN3O2/c1-3-14-9(8(11)7(2)13-14)10(16)12-5-4-6-15/h15H,3-6H2,1-2H3,(H,12,16). The zero-order valence-corrected chi connectivity index (χ0v) is 10.2. The molecule has 2 N–H and O–H groups in total. The minimum Gasteiger partial charge on any atom is -0.396 e. The molecule has 0 unspecified atom stereocenters. The zero-order chi connectivity index (χ0) is 12.1. The first-order chi connectivity index (χ1) is 7.61. The van der Waals surface area contributed by atoms with Crippen molar-refractivity contribution in [3.05, 3.63) is 16.4 Å². The molecule has 0 spiro atoms. The average Bonchev–Trinajstić information content (AvgIpc) is 2.55. The molecule has 0 atom stereocenters. The molecule has 6 heteroatoms. The Labute approximate surface area is 99.4 Å². The Bertz CT molecular complexity index is 376. The van der Waals surface area contributed by atoms with Gasteiger partial charge in [-0.25, -0.2) is 0 Å². The van der Waals surface area contributed by atoms with Crippen LogP contribution < -0.4 is 5.32 Å². The number of aliphatic hydroxyl groups excluding tert-OH is 1. The maximum atomic E-state index is 11.8. The summed E-state index contributed by atoms with van der Waals surface area (Å²) in [6.45, 7) is 4.74. The first kappa shape index (κ1) is 13.0. The number of carbonyl (C=O) groups is 1. The van der Waals surface area contributed by atoms with Crippen LogP contribution in [0.4, 0.5) is 0 Å². The number of nitrogens with zero attached hydrogens (tertiary/aromatic N) is 2. The summed E-state index contributed by atoms with van der Waals surface area (Å²) in [5, 5.41) is 15.8. The summed E-state index contributed by atoms with van der Waals surface area (Å²) in [6, 6.07) is 0. The van der Waals surface area contributed by atoms with Crippen LogP contribution in [0, 0.1) is 6.92 Å². The number of hydrogen-bond donors (Lipinski definition) is 2. The van der Waals surface area contributed by atoms with Gasteiger partial charge < -0.3 is 10.4 Å². The lowest BCUT2D eigenvalue weighted by Crippen LogP contribution is -2.27. The van der Waals surface area contributed by atoms with Crippen LogP contribution in [-0.2, 0) is 6.54 Å². The van der Waals surface area contributed by atoms with E-state index in [2.05, 4.69) is 10.4 Å². The van der Waals surface area contributed by atoms with Crippen LogP contribution in [-0.4, -0.2) is 33.9 Å². The Morgan fingerprint density at radius 3 is 2.88 bits per heavy atom. The number of amides is 1. The highest BCUT2D eigenvalue weighted by Crippen LogP contribution is 2.19. The molecule has 5 nitrogen and oxygen atoms in total. The molecule has 0 aliphatic heterocycles. The van der Waals surface area contributed by atoms with Crippen molar-refractivity contribution in [1.82, 2.24) is 15.1 Å². The topological polar surface area (TPSA) is 67.2 Å². The second-order valence-electron chi connectivity index (χ2n) is 3.40. The van der Waals surface area contributed by atoms with E-state index >= 15 is 0 Å². The first-order valence-corrected chi connectivity index (χ1v) is 5.61. The summed E-state index contributed by atoms with van der Waals surface area (Å²) in [5.41, 5.74) is 1.04. The van der Waals surface area contributed by atoms with Gasteiger partial charge in [-0.1, -0.05) is 11.6 Å². The van der Waals surface area contributed by atoms with Crippen LogP contribution >= 0.6 is 11.6 Å². The van der Waals surface area contributed by atoms with E-state index in [0.717, 1.165) is 0 Å². The largest absolute Gasteiger partial charge is 0.396 e. The third kappa shape index (κ3) is 2.74. The zero-order valence-electron chi connectivity index (χ0n) is 9.46. The van der Waals surface area contributed by atoms with E-state index in [-0.39, 0.29) is 12.5 Å². The van der Waals surface area contributed by atoms with E-state index in [0.29, 0.717) is 35.9 Å². The molecule has 0 aliphatic carbocycles. The molecule has 0 aromatic carbocycles. The Hall–Kier alpha value is -1.07. The van der Waals surface area contributed by atoms with Gasteiger partial charge in [0.05, 0.1) is 10.7 Å². The fourth-order valence-corrected chi connectivity index (χ4v) is 1.59. The second kappa shape index (κ2) is 5.86. The number of halogens is 1. The summed E-state index contributed by atoms with van der Waals surface area (Å²) in [6.07, 6.45) is 0.530. The molecule has 0 aliphatic rings. The Morgan fingerprint density at radius 1 is 1.62 bits per heavy atom. The molecule has 0 saturated heterocycles. The van der Waals surface area contributed by atoms with E-state index in [9.17, 15) is 4.79 Å². The predicted molar refractivity (Wildman–Crippen MR) is 61.7 cm³/mol. The van der Waals surface area contributed by atoms with Gasteiger partial charge >= 0.3 is 0 Å². The number of aliphatic hydroxyl groups is 1. The Morgan fingerprint density at radius 2 is 2.31 bits per heavy atom. The second-order valence-corrected chi connectivity index (χ2v) is 3.77. The van der Waals surface area contributed by atoms with Gasteiger partial charge in [0.25, 0.3) is 5.91 Å². The number of carbonyl (C=O) groups excluding carboxylic acids is 1. The van der Waals surface area contributed by atoms with Crippen LogP contribution in [0.5, 0.6) is 0 Å². The van der Waals surface area contributed by atoms with Crippen LogP contribution in [0.1, 0.15) is 29.5 Å². The first-order valence-electron chi connectivity index (χ1n) is 5.23. The van der Waals surface area contributed by atoms with E-state index in [4.69, 9.17) is 16.7 Å². The molecule has 0 saturated carbocycles. The van der Waals surface area contributed by atoms with Gasteiger partial charge in [0, 0.05) is 19.7 Å². The lowest BCUT2D eigenvalue weighted by atomic mass is 10.3. The fourth-order valence-electron chi connectivity index (χ4n) is 1.37. The van der Waals surface area contributed by atoms with Crippen molar-refractivity contribution in [2.24, 2.45) is 0 Å². The van der Waals surface area contributed by atoms with Crippen molar-refractivity contribution < 1.29 is 9.90 Å². The van der Waals surface area contributed by atoms with Crippen LogP contribution in [0.25, 0.3) is 0 Å². The molecule has 1 aromatic heterocycles. The van der Waals surface area contributed by atoms with Crippen molar-refractivity contribution in [3.8, 4) is 0 Å². The number of nitrogens with one attached hydrogen (secondary N) is 1. The fraction of sp³-hybridized carbons (Fsp3) is 0.600. The van der Waals surface area contributed by atoms with Gasteiger partial charge in [-0.05, 0) is 20.3 Å². The van der Waals surface area contributed by atoms with Gasteiger partial charge in [-0.15, -0.1) is 0 Å². The molecule has 0 bridgehead atoms. The Kier molecular flexibility index (Phi) is 4.76. The van der Waals surface area contributed by atoms with Gasteiger partial charge in [0.1, 0.15) is 5.69 Å². The number of hydrogen-bond acceptors (Lipinski definition) is 3. The van der Waals surface area contributed by atoms with E-state index in [1.54, 1.807) is 11.6 Å². The highest BCUT2D eigenvalue weighted by Gasteiger charge is 2.18. The minimum atomic E-state index is -0.249. The third-order valence-corrected chi connectivity index (χ3v) is 2.64. The Balaban J connectivity index is 2.81. The summed E-state index contributed by atoms with van der Waals surface area (Å²) in [7, 11) is 0. The predicted octanol–water partition coefficient (Wildman–Crippen LogP) is 0.977. The van der Waals surface area contributed by atoms with Crippen molar-refractivity contribution >= 4 is 17.5 Å². The SMILES string of the molecule is CCn1nc(C)c(Cl)c1C(=O)NCCCO. The number of rotatable bonds is 5. The molecule has 0 fully saturated rings. The maximum Gasteiger partial charge on any atom is 0.271 e. The van der Waals surface area contributed by atoms with Crippen molar-refractivity contribution in [3.63, 3.8) is 0 Å². The van der Waals surface area contributed by atoms with Gasteiger partial charge in [0.2, 0.25) is 0 Å². The van der Waals surface area contributed by atoms with Gasteiger partial charge in [-0.2, -0.15) is 5.10 Å². The monoisotopic (exact) mass is 245 g/mol. The summed E-state index contributed by atoms with van der Waals surface area (Å²) < 4.78 is 1.58. The van der Waals surface area contributed by atoms with E-state index in [1.165, 1.54) is 0 Å². The minimum absolute atomic E-state index is 0.0556. The van der Waals surface area contributed by atoms with Crippen LogP contribution in [0.2, 0.25) is 5.02 Å². The molecule has 90 valence electrons. The van der Waals surface area contributed by atoms with Gasteiger partial charge in [-0.3, -0.25) is 9.48 Å². The molecule has 16 heavy (non-hydrogen) atoms. The molecular weight excluding hydrogens is 230 g/mol. The molecule has 1 rings (SSSR count). The third-order valence-electron chi connectivity index (χ3n) is 2.19. The molecular formula is C10H16ClN3O2. The molecule has 1 amide bonds. The lowest BCUT2D eigenvalue weighted by molar-refractivity contribution is 0.0940. The van der Waals surface area contributed by atoms with Gasteiger partial charge in [0.15, 0.2) is 0 Å². The summed E-state index contributed by atoms with van der Waals surface area (Å²) in [4.78, 5) is 11.8. The number of aryl methyl sites for hydroxylation is 2. The molecule has 1 aromatic rings. The number of aromatic nitrogens is 2. The summed E-state index contributed by atoms with van der Waals surface area (Å²) in [5.74, 6) is -0.249. The smallest absolute Gasteiger partial charge is 0.271 e. The average molecular weight is 246 g/mol. The van der Waals surface area contributed by atoms with E-state index in [1.807, 2.05) is 6.92 Å². The quantitative estimate of drug-likeness (QED) is 0.760. The molecule has 1 heterocycles. The maximum absolute atomic E-state index is 11.8. The van der Waals surface area contributed by atoms with Crippen molar-refractivity contribution in [1.29, 1.82) is 0 Å². The highest BCUT2D eigenvalue weighted by atomic mass is 35.5. The van der Waals surface area contributed by atoms with Crippen LogP contribution in [0.15, 0.2) is 0 Å². The summed E-state index contributed by atoms with van der Waals surface area (Å²) >= 11 is 6.01. The normalized spacial score (nSPS) is 10.5. The van der Waals surface area contributed by atoms with Crippen LogP contribution in [0.3, 0.4) is 0 Å². The van der Waals surface area contributed by atoms with E-state index < -0.39 is 0 Å². The lowest BCUT2D eigenvalue weighted by Gasteiger charge is -2.06.